The minimum Gasteiger partial charge on any atom is -0.264 e. The number of sulfonamides is 1. The Morgan fingerprint density at radius 3 is 2.13 bits per heavy atom. The van der Waals surface area contributed by atoms with Gasteiger partial charge in [-0.15, -0.1) is 0 Å². The minimum absolute atomic E-state index is 0.0371. The molecule has 31 heavy (non-hydrogen) atoms. The molecule has 0 bridgehead atoms. The summed E-state index contributed by atoms with van der Waals surface area (Å²) in [7, 11) is -7.72. The molecule has 0 aliphatic heterocycles. The summed E-state index contributed by atoms with van der Waals surface area (Å²) in [6, 6.07) is 14.9. The van der Waals surface area contributed by atoms with Crippen LogP contribution in [0.25, 0.3) is 0 Å². The summed E-state index contributed by atoms with van der Waals surface area (Å²) in [4.78, 5) is 3.71. The number of hydrogen-bond donors (Lipinski definition) is 0. The lowest BCUT2D eigenvalue weighted by Crippen LogP contribution is -2.30. The van der Waals surface area contributed by atoms with E-state index in [2.05, 4.69) is 4.98 Å². The van der Waals surface area contributed by atoms with Gasteiger partial charge in [-0.2, -0.15) is 4.31 Å². The topological polar surface area (TPSA) is 84.4 Å². The number of benzene rings is 2. The van der Waals surface area contributed by atoms with Crippen molar-refractivity contribution in [2.75, 3.05) is 6.26 Å². The summed E-state index contributed by atoms with van der Waals surface area (Å²) in [6.07, 6.45) is 5.11. The van der Waals surface area contributed by atoms with E-state index in [9.17, 15) is 16.8 Å². The van der Waals surface area contributed by atoms with E-state index in [0.717, 1.165) is 29.9 Å². The van der Waals surface area contributed by atoms with Gasteiger partial charge < -0.3 is 0 Å². The van der Waals surface area contributed by atoms with Gasteiger partial charge in [0, 0.05) is 31.7 Å². The number of rotatable bonds is 8. The third kappa shape index (κ3) is 5.71. The molecule has 0 amide bonds. The quantitative estimate of drug-likeness (QED) is 0.486. The minimum atomic E-state index is -4.12. The Balaban J connectivity index is 2.06. The van der Waals surface area contributed by atoms with Crippen LogP contribution in [-0.4, -0.2) is 32.4 Å². The van der Waals surface area contributed by atoms with Crippen molar-refractivity contribution >= 4 is 31.5 Å². The van der Waals surface area contributed by atoms with E-state index in [1.807, 2.05) is 31.2 Å². The molecule has 1 heterocycles. The summed E-state index contributed by atoms with van der Waals surface area (Å²) in [5.41, 5.74) is 2.65. The predicted octanol–water partition coefficient (Wildman–Crippen LogP) is 4.09. The normalized spacial score (nSPS) is 12.3. The maximum absolute atomic E-state index is 13.6. The van der Waals surface area contributed by atoms with E-state index < -0.39 is 19.9 Å². The molecular formula is C22H23ClN2O4S2. The first-order valence-electron chi connectivity index (χ1n) is 9.57. The van der Waals surface area contributed by atoms with Gasteiger partial charge in [-0.3, -0.25) is 4.98 Å². The zero-order valence-electron chi connectivity index (χ0n) is 17.2. The molecule has 0 N–H and O–H groups in total. The van der Waals surface area contributed by atoms with Crippen molar-refractivity contribution in [2.45, 2.75) is 36.2 Å². The molecule has 0 aliphatic rings. The van der Waals surface area contributed by atoms with Gasteiger partial charge in [-0.05, 0) is 47.4 Å². The van der Waals surface area contributed by atoms with Crippen LogP contribution in [0, 0.1) is 0 Å². The summed E-state index contributed by atoms with van der Waals surface area (Å²) in [5.74, 6) is 0. The first kappa shape index (κ1) is 23.4. The molecule has 0 fully saturated rings. The molecule has 0 unspecified atom stereocenters. The third-order valence-corrected chi connectivity index (χ3v) is 8.20. The second-order valence-corrected chi connectivity index (χ2v) is 11.5. The zero-order valence-corrected chi connectivity index (χ0v) is 19.6. The summed E-state index contributed by atoms with van der Waals surface area (Å²) >= 11 is 6.21. The summed E-state index contributed by atoms with van der Waals surface area (Å²) in [5, 5.41) is -0.0371. The molecule has 3 aromatic rings. The van der Waals surface area contributed by atoms with Crippen molar-refractivity contribution in [2.24, 2.45) is 0 Å². The lowest BCUT2D eigenvalue weighted by Gasteiger charge is -2.23. The second kappa shape index (κ2) is 9.48. The molecule has 3 rings (SSSR count). The number of pyridine rings is 1. The molecular weight excluding hydrogens is 456 g/mol. The van der Waals surface area contributed by atoms with Crippen LogP contribution >= 0.6 is 11.6 Å². The molecule has 0 radical (unpaired) electrons. The van der Waals surface area contributed by atoms with E-state index in [1.165, 1.54) is 16.4 Å². The third-order valence-electron chi connectivity index (χ3n) is 4.82. The van der Waals surface area contributed by atoms with Crippen LogP contribution < -0.4 is 0 Å². The molecule has 0 spiro atoms. The van der Waals surface area contributed by atoms with Crippen molar-refractivity contribution in [3.05, 3.63) is 88.7 Å². The molecule has 0 saturated heterocycles. The fourth-order valence-electron chi connectivity index (χ4n) is 3.06. The highest BCUT2D eigenvalue weighted by atomic mass is 35.5. The van der Waals surface area contributed by atoms with Crippen molar-refractivity contribution in [3.63, 3.8) is 0 Å². The van der Waals surface area contributed by atoms with Gasteiger partial charge in [0.25, 0.3) is 0 Å². The Bertz CT molecular complexity index is 1260. The Labute approximate surface area is 188 Å². The molecule has 0 saturated carbocycles. The Morgan fingerprint density at radius 1 is 0.903 bits per heavy atom. The van der Waals surface area contributed by atoms with E-state index in [4.69, 9.17) is 11.6 Å². The van der Waals surface area contributed by atoms with Crippen molar-refractivity contribution in [1.29, 1.82) is 0 Å². The van der Waals surface area contributed by atoms with Gasteiger partial charge in [0.05, 0.1) is 9.92 Å². The fourth-order valence-corrected chi connectivity index (χ4v) is 5.69. The van der Waals surface area contributed by atoms with Gasteiger partial charge in [0.2, 0.25) is 10.0 Å². The zero-order chi connectivity index (χ0) is 22.6. The fraction of sp³-hybridized carbons (Fsp3) is 0.227. The smallest absolute Gasteiger partial charge is 0.245 e. The highest BCUT2D eigenvalue weighted by Crippen LogP contribution is 2.29. The lowest BCUT2D eigenvalue weighted by atomic mass is 10.1. The van der Waals surface area contributed by atoms with Gasteiger partial charge in [-0.25, -0.2) is 16.8 Å². The van der Waals surface area contributed by atoms with E-state index in [-0.39, 0.29) is 27.9 Å². The van der Waals surface area contributed by atoms with Crippen LogP contribution in [0.2, 0.25) is 5.02 Å². The lowest BCUT2D eigenvalue weighted by molar-refractivity contribution is 0.400. The SMILES string of the molecule is CCc1ccc(CN(Cc2cccnc2)S(=O)(=O)c2cc(S(C)(=O)=O)ccc2Cl)cc1. The van der Waals surface area contributed by atoms with Gasteiger partial charge in [-0.1, -0.05) is 48.9 Å². The van der Waals surface area contributed by atoms with Crippen LogP contribution in [0.15, 0.2) is 76.8 Å². The number of sulfone groups is 1. The van der Waals surface area contributed by atoms with Gasteiger partial charge >= 0.3 is 0 Å². The van der Waals surface area contributed by atoms with Crippen LogP contribution in [0.5, 0.6) is 0 Å². The molecule has 6 nitrogen and oxygen atoms in total. The average molecular weight is 479 g/mol. The molecule has 0 aliphatic carbocycles. The standard InChI is InChI=1S/C22H23ClN2O4S2/c1-3-17-6-8-18(9-7-17)15-25(16-19-5-4-12-24-14-19)31(28,29)22-13-20(30(2,26)27)10-11-21(22)23/h4-14H,3,15-16H2,1-2H3. The molecule has 9 heteroatoms. The largest absolute Gasteiger partial charge is 0.264 e. The van der Waals surface area contributed by atoms with Crippen LogP contribution in [0.1, 0.15) is 23.6 Å². The number of hydrogen-bond acceptors (Lipinski definition) is 5. The summed E-state index contributed by atoms with van der Waals surface area (Å²) in [6.45, 7) is 2.21. The van der Waals surface area contributed by atoms with Crippen molar-refractivity contribution in [3.8, 4) is 0 Å². The monoisotopic (exact) mass is 478 g/mol. The molecule has 2 aromatic carbocycles. The van der Waals surface area contributed by atoms with Crippen molar-refractivity contribution < 1.29 is 16.8 Å². The van der Waals surface area contributed by atoms with E-state index in [1.54, 1.807) is 24.5 Å². The molecule has 164 valence electrons. The number of aromatic nitrogens is 1. The van der Waals surface area contributed by atoms with Gasteiger partial charge in [0.15, 0.2) is 9.84 Å². The van der Waals surface area contributed by atoms with E-state index >= 15 is 0 Å². The Morgan fingerprint density at radius 2 is 1.55 bits per heavy atom. The summed E-state index contributed by atoms with van der Waals surface area (Å²) < 4.78 is 52.4. The number of nitrogens with zero attached hydrogens (tertiary/aromatic N) is 2. The van der Waals surface area contributed by atoms with E-state index in [0.29, 0.717) is 5.56 Å². The highest BCUT2D eigenvalue weighted by Gasteiger charge is 2.28. The van der Waals surface area contributed by atoms with Gasteiger partial charge in [0.1, 0.15) is 4.90 Å². The molecule has 1 aromatic heterocycles. The van der Waals surface area contributed by atoms with Crippen LogP contribution in [0.3, 0.4) is 0 Å². The number of halogens is 1. The molecule has 0 atom stereocenters. The Kier molecular flexibility index (Phi) is 7.16. The maximum atomic E-state index is 13.6. The van der Waals surface area contributed by atoms with Crippen molar-refractivity contribution in [1.82, 2.24) is 9.29 Å². The second-order valence-electron chi connectivity index (χ2n) is 7.17. The average Bonchev–Trinajstić information content (AvgIpc) is 2.74. The predicted molar refractivity (Wildman–Crippen MR) is 121 cm³/mol. The highest BCUT2D eigenvalue weighted by molar-refractivity contribution is 7.91. The maximum Gasteiger partial charge on any atom is 0.245 e. The Hall–Kier alpha value is -2.26. The first-order chi connectivity index (χ1) is 14.6. The first-order valence-corrected chi connectivity index (χ1v) is 13.3. The van der Waals surface area contributed by atoms with Crippen LogP contribution in [-0.2, 0) is 39.4 Å². The number of aryl methyl sites for hydroxylation is 1. The van der Waals surface area contributed by atoms with Crippen LogP contribution in [0.4, 0.5) is 0 Å².